The molecule has 1 aliphatic heterocycles. The minimum atomic E-state index is -1.18. The van der Waals surface area contributed by atoms with Gasteiger partial charge in [-0.25, -0.2) is 9.59 Å². The molecule has 3 rings (SSSR count). The average Bonchev–Trinajstić information content (AvgIpc) is 2.76. The second kappa shape index (κ2) is 10.4. The summed E-state index contributed by atoms with van der Waals surface area (Å²) in [7, 11) is 0. The number of carbonyl (C=O) groups excluding carboxylic acids is 2. The van der Waals surface area contributed by atoms with Gasteiger partial charge in [-0.05, 0) is 77.0 Å². The smallest absolute Gasteiger partial charge is 0.341 e. The van der Waals surface area contributed by atoms with Crippen molar-refractivity contribution in [3.05, 3.63) is 57.6 Å². The van der Waals surface area contributed by atoms with Crippen molar-refractivity contribution in [2.75, 3.05) is 18.1 Å². The van der Waals surface area contributed by atoms with Crippen molar-refractivity contribution >= 4 is 68.8 Å². The first-order valence-corrected chi connectivity index (χ1v) is 10.9. The average molecular weight is 549 g/mol. The molecule has 0 bridgehead atoms. The van der Waals surface area contributed by atoms with Crippen molar-refractivity contribution in [3.8, 4) is 11.5 Å². The summed E-state index contributed by atoms with van der Waals surface area (Å²) in [5, 5.41) is 20.4. The molecule has 0 saturated carbocycles. The predicted molar refractivity (Wildman–Crippen MR) is 128 cm³/mol. The Morgan fingerprint density at radius 3 is 2.56 bits per heavy atom. The summed E-state index contributed by atoms with van der Waals surface area (Å²) in [5.41, 5.74) is 0.235. The second-order valence-corrected chi connectivity index (χ2v) is 8.00. The third kappa shape index (κ3) is 5.41. The fourth-order valence-corrected chi connectivity index (χ4v) is 3.90. The van der Waals surface area contributed by atoms with Gasteiger partial charge in [0.25, 0.3) is 11.8 Å². The number of ether oxygens (including phenoxy) is 2. The predicted octanol–water partition coefficient (Wildman–Crippen LogP) is 2.84. The largest absolute Gasteiger partial charge is 0.490 e. The van der Waals surface area contributed by atoms with E-state index in [0.717, 1.165) is 4.90 Å². The number of nitrogens with zero attached hydrogens (tertiary/aromatic N) is 1. The van der Waals surface area contributed by atoms with Crippen molar-refractivity contribution in [1.82, 2.24) is 5.32 Å². The fraction of sp³-hybridized carbons (Fsp3) is 0.136. The number of hydrogen-bond donors (Lipinski definition) is 3. The summed E-state index contributed by atoms with van der Waals surface area (Å²) < 4.78 is 11.1. The number of amides is 2. The highest BCUT2D eigenvalue weighted by Crippen LogP contribution is 2.38. The lowest BCUT2D eigenvalue weighted by Crippen LogP contribution is -2.54. The van der Waals surface area contributed by atoms with Gasteiger partial charge in [0.2, 0.25) is 0 Å². The van der Waals surface area contributed by atoms with Gasteiger partial charge in [-0.1, -0.05) is 6.07 Å². The summed E-state index contributed by atoms with van der Waals surface area (Å²) in [5.74, 6) is -3.49. The first-order chi connectivity index (χ1) is 16.1. The molecule has 10 nitrogen and oxygen atoms in total. The molecular weight excluding hydrogens is 532 g/mol. The first kappa shape index (κ1) is 24.9. The number of aromatic carboxylic acids is 1. The molecule has 0 aromatic heterocycles. The fourth-order valence-electron chi connectivity index (χ4n) is 3.04. The Balaban J connectivity index is 2.02. The first-order valence-electron chi connectivity index (χ1n) is 9.68. The number of carboxylic acid groups (broad SMARTS) is 2. The van der Waals surface area contributed by atoms with Crippen molar-refractivity contribution in [1.29, 1.82) is 0 Å². The zero-order valence-electron chi connectivity index (χ0n) is 17.5. The number of halogens is 1. The van der Waals surface area contributed by atoms with Crippen LogP contribution in [0.4, 0.5) is 5.69 Å². The molecule has 0 atom stereocenters. The molecule has 2 amide bonds. The maximum atomic E-state index is 13.2. The summed E-state index contributed by atoms with van der Waals surface area (Å²) in [6.45, 7) is 1.38. The maximum Gasteiger partial charge on any atom is 0.341 e. The molecule has 0 spiro atoms. The molecule has 12 heteroatoms. The number of thiocarbonyl (C=S) groups is 1. The van der Waals surface area contributed by atoms with Crippen LogP contribution in [0.3, 0.4) is 0 Å². The standard InChI is InChI=1S/C22H17BrN2O8S/c1-2-32-16-8-11(7-15(23)18(16)33-10-17(26)27)6-14-19(28)24-22(34)25(20(14)29)13-5-3-4-12(9-13)21(30)31/h3-9H,2,10H2,1H3,(H,26,27)(H,30,31)(H,24,28,34). The van der Waals surface area contributed by atoms with E-state index in [9.17, 15) is 24.3 Å². The number of anilines is 1. The number of hydrogen-bond acceptors (Lipinski definition) is 7. The van der Waals surface area contributed by atoms with E-state index < -0.39 is 30.4 Å². The van der Waals surface area contributed by atoms with Crippen LogP contribution in [0.1, 0.15) is 22.8 Å². The van der Waals surface area contributed by atoms with Crippen molar-refractivity contribution in [3.63, 3.8) is 0 Å². The highest BCUT2D eigenvalue weighted by molar-refractivity contribution is 9.10. The lowest BCUT2D eigenvalue weighted by Gasteiger charge is -2.29. The molecule has 2 aromatic rings. The minimum absolute atomic E-state index is 0.0576. The third-order valence-corrected chi connectivity index (χ3v) is 5.31. The van der Waals surface area contributed by atoms with Crippen LogP contribution in [-0.4, -0.2) is 52.3 Å². The van der Waals surface area contributed by atoms with E-state index in [1.165, 1.54) is 42.5 Å². The van der Waals surface area contributed by atoms with Crippen LogP contribution in [0.15, 0.2) is 46.4 Å². The Hall–Kier alpha value is -3.77. The summed E-state index contributed by atoms with van der Waals surface area (Å²) in [6.07, 6.45) is 1.31. The van der Waals surface area contributed by atoms with Gasteiger partial charge in [-0.15, -0.1) is 0 Å². The van der Waals surface area contributed by atoms with Crippen LogP contribution in [-0.2, 0) is 14.4 Å². The molecule has 1 aliphatic rings. The zero-order valence-corrected chi connectivity index (χ0v) is 19.9. The quantitative estimate of drug-likeness (QED) is 0.257. The van der Waals surface area contributed by atoms with E-state index in [2.05, 4.69) is 21.2 Å². The molecule has 3 N–H and O–H groups in total. The van der Waals surface area contributed by atoms with E-state index in [1.807, 2.05) is 0 Å². The molecule has 1 saturated heterocycles. The number of rotatable bonds is 8. The molecule has 0 unspecified atom stereocenters. The Kier molecular flexibility index (Phi) is 7.64. The number of nitrogens with one attached hydrogen (secondary N) is 1. The van der Waals surface area contributed by atoms with Crippen LogP contribution in [0.2, 0.25) is 0 Å². The van der Waals surface area contributed by atoms with Gasteiger partial charge in [-0.3, -0.25) is 19.8 Å². The Bertz CT molecular complexity index is 1240. The topological polar surface area (TPSA) is 142 Å². The Morgan fingerprint density at radius 2 is 1.91 bits per heavy atom. The van der Waals surface area contributed by atoms with E-state index in [1.54, 1.807) is 6.92 Å². The van der Waals surface area contributed by atoms with Gasteiger partial charge >= 0.3 is 11.9 Å². The third-order valence-electron chi connectivity index (χ3n) is 4.44. The lowest BCUT2D eigenvalue weighted by molar-refractivity contribution is -0.139. The normalized spacial score (nSPS) is 14.7. The number of carbonyl (C=O) groups is 4. The van der Waals surface area contributed by atoms with Crippen LogP contribution in [0.25, 0.3) is 6.08 Å². The summed E-state index contributed by atoms with van der Waals surface area (Å²) in [4.78, 5) is 49.0. The number of carboxylic acids is 2. The van der Waals surface area contributed by atoms with Crippen LogP contribution >= 0.6 is 28.1 Å². The molecular formula is C22H17BrN2O8S. The molecule has 176 valence electrons. The van der Waals surface area contributed by atoms with Gasteiger partial charge in [0, 0.05) is 0 Å². The minimum Gasteiger partial charge on any atom is -0.490 e. The Labute approximate surface area is 206 Å². The summed E-state index contributed by atoms with van der Waals surface area (Å²) >= 11 is 8.43. The van der Waals surface area contributed by atoms with E-state index in [4.69, 9.17) is 26.8 Å². The van der Waals surface area contributed by atoms with Crippen molar-refractivity contribution < 1.29 is 38.9 Å². The molecule has 1 fully saturated rings. The van der Waals surface area contributed by atoms with Crippen LogP contribution in [0.5, 0.6) is 11.5 Å². The van der Waals surface area contributed by atoms with Crippen LogP contribution < -0.4 is 19.7 Å². The highest BCUT2D eigenvalue weighted by atomic mass is 79.9. The van der Waals surface area contributed by atoms with Crippen molar-refractivity contribution in [2.24, 2.45) is 0 Å². The maximum absolute atomic E-state index is 13.2. The van der Waals surface area contributed by atoms with Gasteiger partial charge < -0.3 is 19.7 Å². The molecule has 0 radical (unpaired) electrons. The molecule has 2 aromatic carbocycles. The van der Waals surface area contributed by atoms with E-state index >= 15 is 0 Å². The van der Waals surface area contributed by atoms with Gasteiger partial charge in [0.15, 0.2) is 23.2 Å². The number of benzene rings is 2. The van der Waals surface area contributed by atoms with Gasteiger partial charge in [0.1, 0.15) is 5.57 Å². The van der Waals surface area contributed by atoms with Gasteiger partial charge in [0.05, 0.1) is 22.3 Å². The van der Waals surface area contributed by atoms with E-state index in [0.29, 0.717) is 10.0 Å². The number of aliphatic carboxylic acids is 1. The van der Waals surface area contributed by atoms with Crippen molar-refractivity contribution in [2.45, 2.75) is 6.92 Å². The summed E-state index contributed by atoms with van der Waals surface area (Å²) in [6, 6.07) is 8.58. The monoisotopic (exact) mass is 548 g/mol. The molecule has 1 heterocycles. The SMILES string of the molecule is CCOc1cc(C=C2C(=O)NC(=S)N(c3cccc(C(=O)O)c3)C2=O)cc(Br)c1OCC(=O)O. The lowest BCUT2D eigenvalue weighted by atomic mass is 10.1. The zero-order chi connectivity index (χ0) is 25.0. The second-order valence-electron chi connectivity index (χ2n) is 6.76. The molecule has 34 heavy (non-hydrogen) atoms. The van der Waals surface area contributed by atoms with Crippen LogP contribution in [0, 0.1) is 0 Å². The van der Waals surface area contributed by atoms with E-state index in [-0.39, 0.29) is 40.0 Å². The molecule has 0 aliphatic carbocycles. The van der Waals surface area contributed by atoms with Gasteiger partial charge in [-0.2, -0.15) is 0 Å². The highest BCUT2D eigenvalue weighted by Gasteiger charge is 2.35. The Morgan fingerprint density at radius 1 is 1.18 bits per heavy atom.